The fraction of sp³-hybridized carbons (Fsp3) is 1.00. The van der Waals surface area contributed by atoms with Crippen molar-refractivity contribution in [3.63, 3.8) is 0 Å². The minimum absolute atomic E-state index is 0.168. The third-order valence-corrected chi connectivity index (χ3v) is 4.45. The summed E-state index contributed by atoms with van der Waals surface area (Å²) in [5.74, 6) is 0.205. The molecule has 0 amide bonds. The molecule has 2 N–H and O–H groups in total. The van der Waals surface area contributed by atoms with Gasteiger partial charge in [0.2, 0.25) is 10.0 Å². The molecule has 0 spiro atoms. The maximum Gasteiger partial charge on any atom is 0.212 e. The van der Waals surface area contributed by atoms with Crippen LogP contribution in [0.5, 0.6) is 0 Å². The summed E-state index contributed by atoms with van der Waals surface area (Å²) in [5.41, 5.74) is 0.168. The molecule has 0 radical (unpaired) electrons. The lowest BCUT2D eigenvalue weighted by Gasteiger charge is -2.27. The third-order valence-electron chi connectivity index (χ3n) is 3.08. The van der Waals surface area contributed by atoms with E-state index in [9.17, 15) is 8.42 Å². The van der Waals surface area contributed by atoms with Crippen molar-refractivity contribution in [2.45, 2.75) is 27.2 Å². The quantitative estimate of drug-likeness (QED) is 0.730. The monoisotopic (exact) mass is 277 g/mol. The minimum Gasteiger partial charge on any atom is -0.314 e. The van der Waals surface area contributed by atoms with Crippen LogP contribution in [0.2, 0.25) is 0 Å². The van der Waals surface area contributed by atoms with Crippen molar-refractivity contribution in [1.29, 1.82) is 0 Å². The van der Waals surface area contributed by atoms with Crippen molar-refractivity contribution in [2.24, 2.45) is 5.41 Å². The first-order chi connectivity index (χ1) is 8.29. The summed E-state index contributed by atoms with van der Waals surface area (Å²) in [5, 5.41) is 3.26. The third kappa shape index (κ3) is 7.31. The van der Waals surface area contributed by atoms with Crippen molar-refractivity contribution in [3.05, 3.63) is 0 Å². The molecule has 1 aliphatic rings. The first-order valence-electron chi connectivity index (χ1n) is 6.69. The summed E-state index contributed by atoms with van der Waals surface area (Å²) < 4.78 is 26.3. The van der Waals surface area contributed by atoms with Gasteiger partial charge in [-0.2, -0.15) is 0 Å². The molecule has 1 rings (SSSR count). The number of sulfonamides is 1. The van der Waals surface area contributed by atoms with E-state index in [0.717, 1.165) is 32.6 Å². The second kappa shape index (κ2) is 6.84. The number of rotatable bonds is 6. The van der Waals surface area contributed by atoms with Crippen LogP contribution in [0.4, 0.5) is 0 Å². The van der Waals surface area contributed by atoms with Gasteiger partial charge < -0.3 is 5.32 Å². The fourth-order valence-electron chi connectivity index (χ4n) is 1.84. The predicted molar refractivity (Wildman–Crippen MR) is 75.2 cm³/mol. The summed E-state index contributed by atoms with van der Waals surface area (Å²) in [6.07, 6.45) is 0.861. The van der Waals surface area contributed by atoms with Gasteiger partial charge in [0.05, 0.1) is 5.75 Å². The van der Waals surface area contributed by atoms with Gasteiger partial charge in [-0.3, -0.25) is 4.90 Å². The molecule has 1 aliphatic heterocycles. The van der Waals surface area contributed by atoms with Crippen LogP contribution in [0.15, 0.2) is 0 Å². The molecule has 1 saturated heterocycles. The maximum absolute atomic E-state index is 11.8. The van der Waals surface area contributed by atoms with E-state index in [2.05, 4.69) is 35.7 Å². The van der Waals surface area contributed by atoms with Gasteiger partial charge in [-0.25, -0.2) is 13.1 Å². The van der Waals surface area contributed by atoms with Crippen molar-refractivity contribution >= 4 is 10.0 Å². The largest absolute Gasteiger partial charge is 0.314 e. The lowest BCUT2D eigenvalue weighted by molar-refractivity contribution is 0.253. The van der Waals surface area contributed by atoms with Gasteiger partial charge in [0.15, 0.2) is 0 Å². The van der Waals surface area contributed by atoms with Crippen LogP contribution in [-0.4, -0.2) is 58.3 Å². The van der Waals surface area contributed by atoms with Gasteiger partial charge in [-0.1, -0.05) is 20.8 Å². The second-order valence-corrected chi connectivity index (χ2v) is 8.04. The molecule has 0 aromatic heterocycles. The van der Waals surface area contributed by atoms with Gasteiger partial charge >= 0.3 is 0 Å². The highest BCUT2D eigenvalue weighted by Crippen LogP contribution is 2.17. The van der Waals surface area contributed by atoms with Crippen LogP contribution in [0.3, 0.4) is 0 Å². The highest BCUT2D eigenvalue weighted by molar-refractivity contribution is 7.89. The molecule has 0 saturated carbocycles. The van der Waals surface area contributed by atoms with Gasteiger partial charge in [0.1, 0.15) is 0 Å². The molecule has 0 bridgehead atoms. The van der Waals surface area contributed by atoms with Gasteiger partial charge in [0, 0.05) is 39.3 Å². The van der Waals surface area contributed by atoms with Crippen molar-refractivity contribution < 1.29 is 8.42 Å². The molecule has 6 heteroatoms. The van der Waals surface area contributed by atoms with Crippen LogP contribution in [0.1, 0.15) is 27.2 Å². The molecule has 0 aromatic carbocycles. The zero-order chi connectivity index (χ0) is 13.6. The average molecular weight is 277 g/mol. The molecular formula is C12H27N3O2S. The Kier molecular flexibility index (Phi) is 6.04. The fourth-order valence-corrected chi connectivity index (χ4v) is 2.89. The van der Waals surface area contributed by atoms with Crippen molar-refractivity contribution in [3.8, 4) is 0 Å². The molecular weight excluding hydrogens is 250 g/mol. The van der Waals surface area contributed by atoms with Crippen LogP contribution in [0, 0.1) is 5.41 Å². The maximum atomic E-state index is 11.8. The predicted octanol–water partition coefficient (Wildman–Crippen LogP) is 0.247. The average Bonchev–Trinajstić information content (AvgIpc) is 2.26. The van der Waals surface area contributed by atoms with E-state index < -0.39 is 10.0 Å². The molecule has 0 atom stereocenters. The second-order valence-electron chi connectivity index (χ2n) is 6.12. The Balaban J connectivity index is 2.22. The SMILES string of the molecule is CC(C)(C)CCNS(=O)(=O)CCN1CCNCC1. The lowest BCUT2D eigenvalue weighted by atomic mass is 9.93. The molecule has 0 aliphatic carbocycles. The number of hydrogen-bond donors (Lipinski definition) is 2. The van der Waals surface area contributed by atoms with Gasteiger partial charge in [0.25, 0.3) is 0 Å². The Bertz CT molecular complexity index is 330. The van der Waals surface area contributed by atoms with E-state index in [1.54, 1.807) is 0 Å². The zero-order valence-electron chi connectivity index (χ0n) is 11.8. The Labute approximate surface area is 111 Å². The number of hydrogen-bond acceptors (Lipinski definition) is 4. The Hall–Kier alpha value is -0.170. The molecule has 0 aromatic rings. The minimum atomic E-state index is -3.12. The van der Waals surface area contributed by atoms with E-state index in [1.807, 2.05) is 0 Å². The van der Waals surface area contributed by atoms with Crippen LogP contribution in [-0.2, 0) is 10.0 Å². The molecule has 0 unspecified atom stereocenters. The summed E-state index contributed by atoms with van der Waals surface area (Å²) in [4.78, 5) is 2.19. The van der Waals surface area contributed by atoms with Crippen LogP contribution < -0.4 is 10.0 Å². The molecule has 1 heterocycles. The summed E-state index contributed by atoms with van der Waals surface area (Å²) in [6, 6.07) is 0. The number of piperazine rings is 1. The standard InChI is InChI=1S/C12H27N3O2S/c1-12(2,3)4-5-14-18(16,17)11-10-15-8-6-13-7-9-15/h13-14H,4-11H2,1-3H3. The van der Waals surface area contributed by atoms with E-state index in [4.69, 9.17) is 0 Å². The summed E-state index contributed by atoms with van der Waals surface area (Å²) >= 11 is 0. The molecule has 5 nitrogen and oxygen atoms in total. The van der Waals surface area contributed by atoms with Gasteiger partial charge in [-0.05, 0) is 11.8 Å². The Morgan fingerprint density at radius 2 is 1.83 bits per heavy atom. The highest BCUT2D eigenvalue weighted by Gasteiger charge is 2.16. The van der Waals surface area contributed by atoms with Crippen LogP contribution in [0.25, 0.3) is 0 Å². The molecule has 18 heavy (non-hydrogen) atoms. The Morgan fingerprint density at radius 1 is 1.22 bits per heavy atom. The van der Waals surface area contributed by atoms with E-state index in [1.165, 1.54) is 0 Å². The van der Waals surface area contributed by atoms with E-state index >= 15 is 0 Å². The van der Waals surface area contributed by atoms with Crippen molar-refractivity contribution in [2.75, 3.05) is 45.0 Å². The summed E-state index contributed by atoms with van der Waals surface area (Å²) in [7, 11) is -3.12. The Morgan fingerprint density at radius 3 is 2.39 bits per heavy atom. The first kappa shape index (κ1) is 15.9. The van der Waals surface area contributed by atoms with Crippen molar-refractivity contribution in [1.82, 2.24) is 14.9 Å². The number of nitrogens with one attached hydrogen (secondary N) is 2. The smallest absolute Gasteiger partial charge is 0.212 e. The molecule has 1 fully saturated rings. The molecule has 108 valence electrons. The summed E-state index contributed by atoms with van der Waals surface area (Å²) in [6.45, 7) is 11.3. The van der Waals surface area contributed by atoms with E-state index in [-0.39, 0.29) is 11.2 Å². The normalized spacial score (nSPS) is 19.1. The lowest BCUT2D eigenvalue weighted by Crippen LogP contribution is -2.46. The first-order valence-corrected chi connectivity index (χ1v) is 8.34. The van der Waals surface area contributed by atoms with E-state index in [0.29, 0.717) is 13.1 Å². The number of nitrogens with zero attached hydrogens (tertiary/aromatic N) is 1. The zero-order valence-corrected chi connectivity index (χ0v) is 12.6. The van der Waals surface area contributed by atoms with Gasteiger partial charge in [-0.15, -0.1) is 0 Å². The highest BCUT2D eigenvalue weighted by atomic mass is 32.2. The van der Waals surface area contributed by atoms with Crippen LogP contribution >= 0.6 is 0 Å². The topological polar surface area (TPSA) is 61.4 Å².